The zero-order valence-corrected chi connectivity index (χ0v) is 16.9. The van der Waals surface area contributed by atoms with E-state index in [1.165, 1.54) is 24.8 Å². The van der Waals surface area contributed by atoms with E-state index in [-0.39, 0.29) is 12.1 Å². The zero-order chi connectivity index (χ0) is 19.2. The summed E-state index contributed by atoms with van der Waals surface area (Å²) in [6, 6.07) is 6.44. The molecule has 0 aromatic heterocycles. The van der Waals surface area contributed by atoms with E-state index in [1.54, 1.807) is 0 Å². The number of hydrogen-bond donors (Lipinski definition) is 1. The Labute approximate surface area is 162 Å². The normalized spacial score (nSPS) is 19.1. The van der Waals surface area contributed by atoms with Crippen LogP contribution in [0.5, 0.6) is 11.5 Å². The second-order valence-corrected chi connectivity index (χ2v) is 7.65. The number of nitrogens with zero attached hydrogens (tertiary/aromatic N) is 2. The molecule has 0 saturated carbocycles. The third-order valence-electron chi connectivity index (χ3n) is 5.58. The fourth-order valence-electron chi connectivity index (χ4n) is 4.18. The summed E-state index contributed by atoms with van der Waals surface area (Å²) >= 11 is 0. The molecule has 1 amide bonds. The van der Waals surface area contributed by atoms with E-state index in [0.29, 0.717) is 19.4 Å². The van der Waals surface area contributed by atoms with Crippen molar-refractivity contribution < 1.29 is 14.3 Å². The van der Waals surface area contributed by atoms with Crippen molar-refractivity contribution in [2.45, 2.75) is 58.7 Å². The zero-order valence-electron chi connectivity index (χ0n) is 16.9. The van der Waals surface area contributed by atoms with Gasteiger partial charge in [0, 0.05) is 6.04 Å². The van der Waals surface area contributed by atoms with E-state index in [0.717, 1.165) is 37.6 Å². The Hall–Kier alpha value is -1.79. The van der Waals surface area contributed by atoms with E-state index in [4.69, 9.17) is 9.47 Å². The van der Waals surface area contributed by atoms with E-state index < -0.39 is 0 Å². The van der Waals surface area contributed by atoms with E-state index in [2.05, 4.69) is 48.0 Å². The van der Waals surface area contributed by atoms with Gasteiger partial charge in [-0.1, -0.05) is 19.4 Å². The van der Waals surface area contributed by atoms with Crippen molar-refractivity contribution in [1.82, 2.24) is 15.1 Å². The molecule has 0 spiro atoms. The Kier molecular flexibility index (Phi) is 6.96. The van der Waals surface area contributed by atoms with Crippen LogP contribution in [0.3, 0.4) is 0 Å². The van der Waals surface area contributed by atoms with E-state index in [1.807, 2.05) is 6.07 Å². The molecule has 2 heterocycles. The van der Waals surface area contributed by atoms with Crippen molar-refractivity contribution in [3.8, 4) is 11.5 Å². The molecule has 2 unspecified atom stereocenters. The number of rotatable bonds is 8. The van der Waals surface area contributed by atoms with Crippen LogP contribution < -0.4 is 14.8 Å². The average molecular weight is 376 g/mol. The molecular weight excluding hydrogens is 342 g/mol. The number of carbonyl (C=O) groups is 1. The fraction of sp³-hybridized carbons (Fsp3) is 0.667. The topological polar surface area (TPSA) is 54.0 Å². The van der Waals surface area contributed by atoms with Crippen molar-refractivity contribution >= 4 is 5.91 Å². The molecule has 2 aliphatic heterocycles. The molecule has 1 aromatic carbocycles. The number of hydrogen-bond acceptors (Lipinski definition) is 5. The highest BCUT2D eigenvalue weighted by molar-refractivity contribution is 5.78. The minimum atomic E-state index is 0.0105. The summed E-state index contributed by atoms with van der Waals surface area (Å²) in [5, 5.41) is 3.19. The van der Waals surface area contributed by atoms with E-state index >= 15 is 0 Å². The summed E-state index contributed by atoms with van der Waals surface area (Å²) in [5.41, 5.74) is 1.22. The molecule has 150 valence electrons. The standard InChI is InChI=1S/C21H33N3O3/c1-4-24(17(3)22-21(25)14-23-10-6-5-7-11-23)16(2)12-18-8-9-19-20(13-18)27-15-26-19/h8-9,13,16-17H,4-7,10-12,14-15H2,1-3H3,(H,22,25). The maximum atomic E-state index is 12.4. The number of carbonyl (C=O) groups excluding carboxylic acids is 1. The number of ether oxygens (including phenoxy) is 2. The van der Waals surface area contributed by atoms with Crippen LogP contribution in [-0.2, 0) is 11.2 Å². The number of benzene rings is 1. The lowest BCUT2D eigenvalue weighted by atomic mass is 10.0. The summed E-state index contributed by atoms with van der Waals surface area (Å²) in [7, 11) is 0. The number of amides is 1. The molecule has 1 fully saturated rings. The van der Waals surface area contributed by atoms with Crippen LogP contribution >= 0.6 is 0 Å². The van der Waals surface area contributed by atoms with Gasteiger partial charge in [-0.2, -0.15) is 0 Å². The van der Waals surface area contributed by atoms with Gasteiger partial charge in [-0.3, -0.25) is 14.6 Å². The predicted molar refractivity (Wildman–Crippen MR) is 106 cm³/mol. The molecule has 27 heavy (non-hydrogen) atoms. The number of likely N-dealkylation sites (N-methyl/N-ethyl adjacent to an activating group) is 1. The maximum Gasteiger partial charge on any atom is 0.235 e. The van der Waals surface area contributed by atoms with Crippen molar-refractivity contribution in [3.05, 3.63) is 23.8 Å². The maximum absolute atomic E-state index is 12.4. The van der Waals surface area contributed by atoms with Gasteiger partial charge in [-0.05, 0) is 70.4 Å². The Morgan fingerprint density at radius 1 is 1.19 bits per heavy atom. The van der Waals surface area contributed by atoms with Crippen LogP contribution in [0.15, 0.2) is 18.2 Å². The van der Waals surface area contributed by atoms with Crippen LogP contribution in [0.1, 0.15) is 45.6 Å². The molecule has 0 radical (unpaired) electrons. The minimum absolute atomic E-state index is 0.0105. The lowest BCUT2D eigenvalue weighted by Gasteiger charge is -2.35. The van der Waals surface area contributed by atoms with Crippen LogP contribution in [0.4, 0.5) is 0 Å². The first-order valence-corrected chi connectivity index (χ1v) is 10.2. The summed E-state index contributed by atoms with van der Waals surface area (Å²) in [4.78, 5) is 17.0. The fourth-order valence-corrected chi connectivity index (χ4v) is 4.18. The van der Waals surface area contributed by atoms with Crippen LogP contribution in [0, 0.1) is 0 Å². The third kappa shape index (κ3) is 5.36. The Morgan fingerprint density at radius 3 is 2.67 bits per heavy atom. The lowest BCUT2D eigenvalue weighted by molar-refractivity contribution is -0.124. The lowest BCUT2D eigenvalue weighted by Crippen LogP contribution is -2.52. The number of nitrogens with one attached hydrogen (secondary N) is 1. The monoisotopic (exact) mass is 375 g/mol. The van der Waals surface area contributed by atoms with E-state index in [9.17, 15) is 4.79 Å². The summed E-state index contributed by atoms with van der Waals surface area (Å²) < 4.78 is 10.9. The molecule has 3 rings (SSSR count). The highest BCUT2D eigenvalue weighted by Crippen LogP contribution is 2.33. The predicted octanol–water partition coefficient (Wildman–Crippen LogP) is 2.62. The van der Waals surface area contributed by atoms with Crippen molar-refractivity contribution in [2.24, 2.45) is 0 Å². The SMILES string of the molecule is CCN(C(C)Cc1ccc2c(c1)OCO2)C(C)NC(=O)CN1CCCCC1. The first kappa shape index (κ1) is 20.0. The van der Waals surface area contributed by atoms with Gasteiger partial charge in [0.1, 0.15) is 0 Å². The molecule has 1 saturated heterocycles. The van der Waals surface area contributed by atoms with Gasteiger partial charge in [0.05, 0.1) is 12.7 Å². The van der Waals surface area contributed by atoms with Gasteiger partial charge in [-0.15, -0.1) is 0 Å². The van der Waals surface area contributed by atoms with Gasteiger partial charge in [0.25, 0.3) is 0 Å². The molecule has 6 heteroatoms. The highest BCUT2D eigenvalue weighted by atomic mass is 16.7. The molecular formula is C21H33N3O3. The summed E-state index contributed by atoms with van der Waals surface area (Å²) in [6.45, 7) is 10.2. The molecule has 0 bridgehead atoms. The Balaban J connectivity index is 1.52. The first-order valence-electron chi connectivity index (χ1n) is 10.2. The van der Waals surface area contributed by atoms with Crippen molar-refractivity contribution in [1.29, 1.82) is 0 Å². The molecule has 2 atom stereocenters. The number of fused-ring (bicyclic) bond motifs is 1. The molecule has 6 nitrogen and oxygen atoms in total. The number of likely N-dealkylation sites (tertiary alicyclic amines) is 1. The average Bonchev–Trinajstić information content (AvgIpc) is 3.10. The van der Waals surface area contributed by atoms with Crippen LogP contribution in [0.25, 0.3) is 0 Å². The first-order chi connectivity index (χ1) is 13.1. The van der Waals surface area contributed by atoms with Crippen molar-refractivity contribution in [2.75, 3.05) is 33.0 Å². The van der Waals surface area contributed by atoms with Gasteiger partial charge >= 0.3 is 0 Å². The highest BCUT2D eigenvalue weighted by Gasteiger charge is 2.22. The Bertz CT molecular complexity index is 631. The quantitative estimate of drug-likeness (QED) is 0.708. The smallest absolute Gasteiger partial charge is 0.235 e. The minimum Gasteiger partial charge on any atom is -0.454 e. The summed E-state index contributed by atoms with van der Waals surface area (Å²) in [5.74, 6) is 1.76. The summed E-state index contributed by atoms with van der Waals surface area (Å²) in [6.07, 6.45) is 4.61. The number of piperidine rings is 1. The third-order valence-corrected chi connectivity index (χ3v) is 5.58. The van der Waals surface area contributed by atoms with Gasteiger partial charge in [0.2, 0.25) is 12.7 Å². The van der Waals surface area contributed by atoms with Crippen molar-refractivity contribution in [3.63, 3.8) is 0 Å². The molecule has 1 N–H and O–H groups in total. The Morgan fingerprint density at radius 2 is 1.93 bits per heavy atom. The molecule has 1 aromatic rings. The van der Waals surface area contributed by atoms with Crippen LogP contribution in [0.2, 0.25) is 0 Å². The second kappa shape index (κ2) is 9.42. The molecule has 0 aliphatic carbocycles. The van der Waals surface area contributed by atoms with Crippen LogP contribution in [-0.4, -0.2) is 60.9 Å². The molecule has 2 aliphatic rings. The largest absolute Gasteiger partial charge is 0.454 e. The van der Waals surface area contributed by atoms with Gasteiger partial charge in [-0.25, -0.2) is 0 Å². The van der Waals surface area contributed by atoms with Gasteiger partial charge < -0.3 is 14.8 Å². The van der Waals surface area contributed by atoms with Gasteiger partial charge in [0.15, 0.2) is 11.5 Å². The second-order valence-electron chi connectivity index (χ2n) is 7.65.